The molecule has 0 unspecified atom stereocenters. The topological polar surface area (TPSA) is 87.1 Å². The molecule has 0 aliphatic carbocycles. The summed E-state index contributed by atoms with van der Waals surface area (Å²) in [5.74, 6) is 0.613. The zero-order chi connectivity index (χ0) is 18.1. The number of imidazole rings is 1. The van der Waals surface area contributed by atoms with E-state index in [-0.39, 0.29) is 17.9 Å². The maximum absolute atomic E-state index is 12.8. The number of nitrogens with zero attached hydrogens (tertiary/aromatic N) is 5. The number of piperidine rings is 2. The lowest BCUT2D eigenvalue weighted by Crippen LogP contribution is -2.57. The average molecular weight is 356 g/mol. The molecule has 2 aromatic rings. The minimum atomic E-state index is 0.0318. The lowest BCUT2D eigenvalue weighted by atomic mass is 9.83. The van der Waals surface area contributed by atoms with Crippen LogP contribution in [0.2, 0.25) is 0 Å². The molecule has 138 valence electrons. The van der Waals surface area contributed by atoms with Gasteiger partial charge >= 0.3 is 0 Å². The fourth-order valence-electron chi connectivity index (χ4n) is 4.23. The van der Waals surface area contributed by atoms with Gasteiger partial charge in [-0.05, 0) is 24.8 Å². The third kappa shape index (κ3) is 3.11. The second kappa shape index (κ2) is 6.93. The fourth-order valence-corrected chi connectivity index (χ4v) is 4.23. The van der Waals surface area contributed by atoms with Crippen LogP contribution >= 0.6 is 0 Å². The van der Waals surface area contributed by atoms with Gasteiger partial charge in [-0.1, -0.05) is 0 Å². The highest BCUT2D eigenvalue weighted by molar-refractivity contribution is 5.92. The molecule has 0 bridgehead atoms. The molecule has 4 heterocycles. The van der Waals surface area contributed by atoms with E-state index in [2.05, 4.69) is 15.1 Å². The van der Waals surface area contributed by atoms with Gasteiger partial charge in [0.2, 0.25) is 5.91 Å². The fraction of sp³-hybridized carbons (Fsp3) is 0.556. The van der Waals surface area contributed by atoms with Crippen molar-refractivity contribution in [3.05, 3.63) is 36.2 Å². The molecule has 8 heteroatoms. The summed E-state index contributed by atoms with van der Waals surface area (Å²) in [4.78, 5) is 36.3. The Morgan fingerprint density at radius 2 is 2.27 bits per heavy atom. The van der Waals surface area contributed by atoms with Crippen LogP contribution in [0.5, 0.6) is 0 Å². The number of aryl methyl sites for hydroxylation is 1. The van der Waals surface area contributed by atoms with E-state index in [4.69, 9.17) is 0 Å². The van der Waals surface area contributed by atoms with Crippen molar-refractivity contribution in [1.82, 2.24) is 29.5 Å². The van der Waals surface area contributed by atoms with Gasteiger partial charge in [0, 0.05) is 63.7 Å². The highest BCUT2D eigenvalue weighted by Gasteiger charge is 2.40. The summed E-state index contributed by atoms with van der Waals surface area (Å²) in [6.07, 6.45) is 8.17. The number of H-pyrrole nitrogens is 1. The Hall–Kier alpha value is -2.64. The third-order valence-electron chi connectivity index (χ3n) is 5.65. The van der Waals surface area contributed by atoms with Crippen LogP contribution in [0.15, 0.2) is 24.8 Å². The molecule has 0 spiro atoms. The molecule has 2 aliphatic heterocycles. The predicted molar refractivity (Wildman–Crippen MR) is 94.2 cm³/mol. The Morgan fingerprint density at radius 1 is 1.38 bits per heavy atom. The largest absolute Gasteiger partial charge is 0.348 e. The molecule has 2 fully saturated rings. The number of aromatic amines is 1. The lowest BCUT2D eigenvalue weighted by Gasteiger charge is -2.47. The van der Waals surface area contributed by atoms with Crippen LogP contribution in [0.25, 0.3) is 0 Å². The Labute approximate surface area is 152 Å². The van der Waals surface area contributed by atoms with E-state index >= 15 is 0 Å². The lowest BCUT2D eigenvalue weighted by molar-refractivity contribution is -0.140. The van der Waals surface area contributed by atoms with Crippen LogP contribution in [-0.4, -0.2) is 67.0 Å². The maximum Gasteiger partial charge on any atom is 0.272 e. The van der Waals surface area contributed by atoms with Crippen LogP contribution < -0.4 is 0 Å². The van der Waals surface area contributed by atoms with Crippen molar-refractivity contribution in [2.24, 2.45) is 13.0 Å². The minimum Gasteiger partial charge on any atom is -0.348 e. The first-order valence-electron chi connectivity index (χ1n) is 9.17. The van der Waals surface area contributed by atoms with Gasteiger partial charge in [0.1, 0.15) is 5.69 Å². The van der Waals surface area contributed by atoms with Crippen molar-refractivity contribution in [1.29, 1.82) is 0 Å². The molecular formula is C18H24N6O2. The summed E-state index contributed by atoms with van der Waals surface area (Å²) < 4.78 is 1.62. The summed E-state index contributed by atoms with van der Waals surface area (Å²) in [6, 6.07) is 1.99. The molecule has 2 aromatic heterocycles. The van der Waals surface area contributed by atoms with Gasteiger partial charge < -0.3 is 14.8 Å². The van der Waals surface area contributed by atoms with E-state index in [0.717, 1.165) is 25.0 Å². The van der Waals surface area contributed by atoms with Crippen LogP contribution in [0.3, 0.4) is 0 Å². The monoisotopic (exact) mass is 356 g/mol. The van der Waals surface area contributed by atoms with E-state index < -0.39 is 0 Å². The molecule has 2 atom stereocenters. The molecule has 2 amide bonds. The van der Waals surface area contributed by atoms with Gasteiger partial charge in [0.05, 0.1) is 6.33 Å². The second-order valence-corrected chi connectivity index (χ2v) is 7.16. The molecule has 4 rings (SSSR count). The number of amides is 2. The molecular weight excluding hydrogens is 332 g/mol. The smallest absolute Gasteiger partial charge is 0.272 e. The first kappa shape index (κ1) is 16.8. The molecule has 0 radical (unpaired) electrons. The molecule has 8 nitrogen and oxygen atoms in total. The summed E-state index contributed by atoms with van der Waals surface area (Å²) in [5, 5.41) is 4.09. The number of carbonyl (C=O) groups is 2. The SMILES string of the molecule is Cn1nccc1C(=O)N1CC[C@@H]2[C@@H](CCC(=O)N2CCc2cnc[nH]2)C1. The Kier molecular flexibility index (Phi) is 4.48. The number of fused-ring (bicyclic) bond motifs is 1. The van der Waals surface area contributed by atoms with Crippen molar-refractivity contribution >= 4 is 11.8 Å². The van der Waals surface area contributed by atoms with Gasteiger partial charge in [-0.3, -0.25) is 14.3 Å². The minimum absolute atomic E-state index is 0.0318. The first-order chi connectivity index (χ1) is 12.6. The molecule has 0 saturated carbocycles. The predicted octanol–water partition coefficient (Wildman–Crippen LogP) is 0.839. The number of likely N-dealkylation sites (tertiary alicyclic amines) is 2. The number of hydrogen-bond donors (Lipinski definition) is 1. The Morgan fingerprint density at radius 3 is 3.00 bits per heavy atom. The van der Waals surface area contributed by atoms with E-state index in [1.807, 2.05) is 9.80 Å². The third-order valence-corrected chi connectivity index (χ3v) is 5.65. The van der Waals surface area contributed by atoms with Crippen LogP contribution in [0, 0.1) is 5.92 Å². The van der Waals surface area contributed by atoms with E-state index in [1.165, 1.54) is 0 Å². The van der Waals surface area contributed by atoms with Crippen molar-refractivity contribution in [3.63, 3.8) is 0 Å². The van der Waals surface area contributed by atoms with E-state index in [9.17, 15) is 9.59 Å². The molecule has 26 heavy (non-hydrogen) atoms. The van der Waals surface area contributed by atoms with Gasteiger partial charge in [-0.15, -0.1) is 0 Å². The Balaban J connectivity index is 1.42. The van der Waals surface area contributed by atoms with Gasteiger partial charge in [-0.2, -0.15) is 5.10 Å². The van der Waals surface area contributed by atoms with E-state index in [1.54, 1.807) is 36.5 Å². The number of rotatable bonds is 4. The normalized spacial score (nSPS) is 23.2. The van der Waals surface area contributed by atoms with Gasteiger partial charge in [0.25, 0.3) is 5.91 Å². The standard InChI is InChI=1S/C18H24N6O2/c1-22-16(4-7-21-22)18(26)23-8-6-15-13(11-23)2-3-17(25)24(15)9-5-14-10-19-12-20-14/h4,7,10,12-13,15H,2-3,5-6,8-9,11H2,1H3,(H,19,20)/t13-,15+/m0/s1. The second-order valence-electron chi connectivity index (χ2n) is 7.16. The van der Waals surface area contributed by atoms with Gasteiger partial charge in [0.15, 0.2) is 0 Å². The number of nitrogens with one attached hydrogen (secondary N) is 1. The van der Waals surface area contributed by atoms with Crippen LogP contribution in [0.1, 0.15) is 35.4 Å². The number of hydrogen-bond acceptors (Lipinski definition) is 4. The average Bonchev–Trinajstić information content (AvgIpc) is 3.31. The maximum atomic E-state index is 12.8. The first-order valence-corrected chi connectivity index (χ1v) is 9.17. The van der Waals surface area contributed by atoms with Crippen molar-refractivity contribution in [3.8, 4) is 0 Å². The number of carbonyl (C=O) groups excluding carboxylic acids is 2. The summed E-state index contributed by atoms with van der Waals surface area (Å²) in [7, 11) is 1.79. The van der Waals surface area contributed by atoms with Crippen molar-refractivity contribution < 1.29 is 9.59 Å². The molecule has 0 aromatic carbocycles. The zero-order valence-electron chi connectivity index (χ0n) is 15.0. The Bertz CT molecular complexity index is 783. The molecule has 2 saturated heterocycles. The summed E-state index contributed by atoms with van der Waals surface area (Å²) >= 11 is 0. The van der Waals surface area contributed by atoms with E-state index in [0.29, 0.717) is 37.7 Å². The highest BCUT2D eigenvalue weighted by Crippen LogP contribution is 2.32. The molecule has 2 aliphatic rings. The number of aromatic nitrogens is 4. The van der Waals surface area contributed by atoms with Crippen molar-refractivity contribution in [2.45, 2.75) is 31.7 Å². The quantitative estimate of drug-likeness (QED) is 0.879. The summed E-state index contributed by atoms with van der Waals surface area (Å²) in [6.45, 7) is 2.10. The molecule has 1 N–H and O–H groups in total. The van der Waals surface area contributed by atoms with Crippen molar-refractivity contribution in [2.75, 3.05) is 19.6 Å². The van der Waals surface area contributed by atoms with Gasteiger partial charge in [-0.25, -0.2) is 4.98 Å². The van der Waals surface area contributed by atoms with Crippen LogP contribution in [0.4, 0.5) is 0 Å². The summed E-state index contributed by atoms with van der Waals surface area (Å²) in [5.41, 5.74) is 1.66. The highest BCUT2D eigenvalue weighted by atomic mass is 16.2. The van der Waals surface area contributed by atoms with Crippen LogP contribution in [-0.2, 0) is 18.3 Å². The zero-order valence-corrected chi connectivity index (χ0v) is 15.0.